The van der Waals surface area contributed by atoms with Crippen LogP contribution in [-0.4, -0.2) is 24.6 Å². The second kappa shape index (κ2) is 5.36. The molecule has 0 spiro atoms. The van der Waals surface area contributed by atoms with Gasteiger partial charge in [-0.15, -0.1) is 11.3 Å². The number of nitrogens with zero attached hydrogens (tertiary/aromatic N) is 1. The molecule has 0 radical (unpaired) electrons. The summed E-state index contributed by atoms with van der Waals surface area (Å²) in [6.07, 6.45) is -0.283. The molecule has 1 aromatic heterocycles. The molecule has 1 aromatic rings. The summed E-state index contributed by atoms with van der Waals surface area (Å²) in [4.78, 5) is 12.8. The molecule has 0 saturated carbocycles. The fourth-order valence-corrected chi connectivity index (χ4v) is 2.20. The molecule has 0 fully saturated rings. The van der Waals surface area contributed by atoms with E-state index >= 15 is 0 Å². The van der Waals surface area contributed by atoms with Crippen molar-refractivity contribution >= 4 is 33.4 Å². The summed E-state index contributed by atoms with van der Waals surface area (Å²) < 4.78 is 5.94. The van der Waals surface area contributed by atoms with Gasteiger partial charge in [0.25, 0.3) is 0 Å². The van der Waals surface area contributed by atoms with Crippen molar-refractivity contribution in [3.05, 3.63) is 20.8 Å². The Morgan fingerprint density at radius 3 is 2.93 bits per heavy atom. The summed E-state index contributed by atoms with van der Waals surface area (Å²) >= 11 is 4.98. The van der Waals surface area contributed by atoms with Crippen molar-refractivity contribution < 1.29 is 9.53 Å². The molecule has 0 atom stereocenters. The minimum Gasteiger partial charge on any atom is -0.450 e. The van der Waals surface area contributed by atoms with Crippen molar-refractivity contribution in [3.8, 4) is 0 Å². The smallest absolute Gasteiger partial charge is 0.409 e. The lowest BCUT2D eigenvalue weighted by Crippen LogP contribution is -2.26. The number of hydrogen-bond donors (Lipinski definition) is 0. The van der Waals surface area contributed by atoms with E-state index in [1.165, 1.54) is 0 Å². The molecule has 3 nitrogen and oxygen atoms in total. The van der Waals surface area contributed by atoms with Crippen LogP contribution in [0.5, 0.6) is 0 Å². The highest BCUT2D eigenvalue weighted by Gasteiger charge is 2.09. The third kappa shape index (κ3) is 3.31. The van der Waals surface area contributed by atoms with Gasteiger partial charge in [-0.2, -0.15) is 0 Å². The van der Waals surface area contributed by atoms with Gasteiger partial charge in [-0.25, -0.2) is 4.79 Å². The summed E-state index contributed by atoms with van der Waals surface area (Å²) in [6, 6.07) is 2.00. The zero-order valence-corrected chi connectivity index (χ0v) is 10.5. The third-order valence-corrected chi connectivity index (χ3v) is 3.17. The Hall–Kier alpha value is -0.550. The summed E-state index contributed by atoms with van der Waals surface area (Å²) in [5.74, 6) is 0. The van der Waals surface area contributed by atoms with E-state index in [0.717, 1.165) is 9.35 Å². The number of carbonyl (C=O) groups is 1. The van der Waals surface area contributed by atoms with Crippen LogP contribution in [0.25, 0.3) is 0 Å². The van der Waals surface area contributed by atoms with Crippen LogP contribution in [0.2, 0.25) is 0 Å². The minimum atomic E-state index is -0.283. The number of amides is 1. The third-order valence-electron chi connectivity index (χ3n) is 1.62. The summed E-state index contributed by atoms with van der Waals surface area (Å²) in [5.41, 5.74) is 1.11. The van der Waals surface area contributed by atoms with Gasteiger partial charge in [0.1, 0.15) is 0 Å². The summed E-state index contributed by atoms with van der Waals surface area (Å²) in [6.45, 7) is 2.80. The average molecular weight is 278 g/mol. The molecule has 14 heavy (non-hydrogen) atoms. The van der Waals surface area contributed by atoms with Crippen molar-refractivity contribution in [1.29, 1.82) is 0 Å². The Morgan fingerprint density at radius 2 is 2.43 bits per heavy atom. The number of ether oxygens (including phenoxy) is 1. The SMILES string of the molecule is CCOC(=O)N(C)Cc1csc(Br)c1. The van der Waals surface area contributed by atoms with Gasteiger partial charge in [-0.3, -0.25) is 0 Å². The Kier molecular flexibility index (Phi) is 4.41. The highest BCUT2D eigenvalue weighted by molar-refractivity contribution is 9.11. The lowest BCUT2D eigenvalue weighted by Gasteiger charge is -2.15. The fraction of sp³-hybridized carbons (Fsp3) is 0.444. The number of halogens is 1. The number of thiophene rings is 1. The fourth-order valence-electron chi connectivity index (χ4n) is 1.00. The Labute approximate surface area is 95.8 Å². The first-order valence-electron chi connectivity index (χ1n) is 4.24. The van der Waals surface area contributed by atoms with Gasteiger partial charge >= 0.3 is 6.09 Å². The van der Waals surface area contributed by atoms with Crippen molar-refractivity contribution in [2.45, 2.75) is 13.5 Å². The maximum atomic E-state index is 11.2. The van der Waals surface area contributed by atoms with E-state index in [1.54, 1.807) is 30.2 Å². The van der Waals surface area contributed by atoms with Crippen molar-refractivity contribution in [1.82, 2.24) is 4.90 Å². The second-order valence-corrected chi connectivity index (χ2v) is 5.10. The number of rotatable bonds is 3. The van der Waals surface area contributed by atoms with Crippen molar-refractivity contribution in [2.24, 2.45) is 0 Å². The zero-order valence-electron chi connectivity index (χ0n) is 8.12. The average Bonchev–Trinajstić information content (AvgIpc) is 2.51. The van der Waals surface area contributed by atoms with E-state index in [0.29, 0.717) is 13.2 Å². The topological polar surface area (TPSA) is 29.5 Å². The Balaban J connectivity index is 2.48. The van der Waals surface area contributed by atoms with Crippen LogP contribution in [0.1, 0.15) is 12.5 Å². The molecule has 0 aliphatic carbocycles. The maximum Gasteiger partial charge on any atom is 0.409 e. The molecule has 1 rings (SSSR count). The normalized spacial score (nSPS) is 9.93. The summed E-state index contributed by atoms with van der Waals surface area (Å²) in [7, 11) is 1.73. The Morgan fingerprint density at radius 1 is 1.71 bits per heavy atom. The predicted molar refractivity (Wildman–Crippen MR) is 60.5 cm³/mol. The van der Waals surface area contributed by atoms with Crippen LogP contribution in [0.15, 0.2) is 15.2 Å². The van der Waals surface area contributed by atoms with E-state index in [2.05, 4.69) is 15.9 Å². The van der Waals surface area contributed by atoms with Gasteiger partial charge in [0.05, 0.1) is 10.4 Å². The van der Waals surface area contributed by atoms with Crippen LogP contribution in [0.3, 0.4) is 0 Å². The quantitative estimate of drug-likeness (QED) is 0.850. The lowest BCUT2D eigenvalue weighted by atomic mass is 10.3. The maximum absolute atomic E-state index is 11.2. The monoisotopic (exact) mass is 277 g/mol. The molecule has 0 N–H and O–H groups in total. The van der Waals surface area contributed by atoms with Gasteiger partial charge in [0.2, 0.25) is 0 Å². The molecule has 1 amide bonds. The van der Waals surface area contributed by atoms with Crippen LogP contribution in [0.4, 0.5) is 4.79 Å². The van der Waals surface area contributed by atoms with Crippen molar-refractivity contribution in [3.63, 3.8) is 0 Å². The second-order valence-electron chi connectivity index (χ2n) is 2.81. The highest BCUT2D eigenvalue weighted by atomic mass is 79.9. The van der Waals surface area contributed by atoms with Crippen LogP contribution in [0, 0.1) is 0 Å². The van der Waals surface area contributed by atoms with Gasteiger partial charge in [-0.05, 0) is 39.9 Å². The first-order chi connectivity index (χ1) is 6.63. The van der Waals surface area contributed by atoms with E-state index in [-0.39, 0.29) is 6.09 Å². The van der Waals surface area contributed by atoms with Gasteiger partial charge in [-0.1, -0.05) is 0 Å². The van der Waals surface area contributed by atoms with Gasteiger partial charge in [0.15, 0.2) is 0 Å². The molecule has 0 aromatic carbocycles. The molecule has 0 unspecified atom stereocenters. The van der Waals surface area contributed by atoms with Crippen LogP contribution >= 0.6 is 27.3 Å². The molecule has 0 bridgehead atoms. The molecule has 0 saturated heterocycles. The molecular formula is C9H12BrNO2S. The first kappa shape index (κ1) is 11.5. The molecule has 1 heterocycles. The minimum absolute atomic E-state index is 0.283. The first-order valence-corrected chi connectivity index (χ1v) is 5.91. The molecular weight excluding hydrogens is 266 g/mol. The van der Waals surface area contributed by atoms with E-state index in [9.17, 15) is 4.79 Å². The molecule has 0 aliphatic rings. The molecule has 78 valence electrons. The van der Waals surface area contributed by atoms with E-state index in [1.807, 2.05) is 11.4 Å². The predicted octanol–water partition coefficient (Wildman–Crippen LogP) is 3.10. The van der Waals surface area contributed by atoms with Gasteiger partial charge < -0.3 is 9.64 Å². The zero-order chi connectivity index (χ0) is 10.6. The highest BCUT2D eigenvalue weighted by Crippen LogP contribution is 2.21. The lowest BCUT2D eigenvalue weighted by molar-refractivity contribution is 0.114. The standard InChI is InChI=1S/C9H12BrNO2S/c1-3-13-9(12)11(2)5-7-4-8(10)14-6-7/h4,6H,3,5H2,1-2H3. The molecule has 0 aliphatic heterocycles. The van der Waals surface area contributed by atoms with Crippen LogP contribution in [-0.2, 0) is 11.3 Å². The van der Waals surface area contributed by atoms with E-state index in [4.69, 9.17) is 4.74 Å². The molecule has 5 heteroatoms. The largest absolute Gasteiger partial charge is 0.450 e. The van der Waals surface area contributed by atoms with Gasteiger partial charge in [0, 0.05) is 13.6 Å². The summed E-state index contributed by atoms with van der Waals surface area (Å²) in [5, 5.41) is 2.01. The van der Waals surface area contributed by atoms with E-state index < -0.39 is 0 Å². The number of carbonyl (C=O) groups excluding carboxylic acids is 1. The van der Waals surface area contributed by atoms with Crippen molar-refractivity contribution in [2.75, 3.05) is 13.7 Å². The number of hydrogen-bond acceptors (Lipinski definition) is 3. The van der Waals surface area contributed by atoms with Crippen LogP contribution < -0.4 is 0 Å². The Bertz CT molecular complexity index is 314.